The monoisotopic (exact) mass is 306 g/mol. The summed E-state index contributed by atoms with van der Waals surface area (Å²) in [5.74, 6) is -0.125. The van der Waals surface area contributed by atoms with Gasteiger partial charge in [-0.3, -0.25) is 4.79 Å². The highest BCUT2D eigenvalue weighted by Gasteiger charge is 2.44. The molecule has 1 fully saturated rings. The zero-order chi connectivity index (χ0) is 16.4. The number of likely N-dealkylation sites (N-methyl/N-ethyl adjacent to an activating group) is 1. The Morgan fingerprint density at radius 3 is 2.32 bits per heavy atom. The van der Waals surface area contributed by atoms with Gasteiger partial charge in [-0.05, 0) is 42.5 Å². The molecule has 0 aromatic heterocycles. The maximum absolute atomic E-state index is 13.2. The molecule has 0 saturated heterocycles. The zero-order valence-electron chi connectivity index (χ0n) is 13.9. The SMILES string of the molecule is CN(CC(C)(C)CN)C(=O)C1(c2ccc(F)cc2)CCCC1. The topological polar surface area (TPSA) is 46.3 Å². The molecule has 2 N–H and O–H groups in total. The van der Waals surface area contributed by atoms with Crippen LogP contribution in [0.1, 0.15) is 45.1 Å². The van der Waals surface area contributed by atoms with Crippen LogP contribution in [0.5, 0.6) is 0 Å². The molecule has 1 aromatic carbocycles. The molecule has 1 saturated carbocycles. The van der Waals surface area contributed by atoms with Crippen molar-refractivity contribution in [3.63, 3.8) is 0 Å². The van der Waals surface area contributed by atoms with Crippen LogP contribution in [-0.2, 0) is 10.2 Å². The molecule has 1 aliphatic carbocycles. The quantitative estimate of drug-likeness (QED) is 0.908. The lowest BCUT2D eigenvalue weighted by Crippen LogP contribution is -2.48. The van der Waals surface area contributed by atoms with Gasteiger partial charge in [0.2, 0.25) is 5.91 Å². The van der Waals surface area contributed by atoms with Crippen molar-refractivity contribution in [1.29, 1.82) is 0 Å². The second kappa shape index (κ2) is 6.37. The number of carbonyl (C=O) groups is 1. The van der Waals surface area contributed by atoms with Gasteiger partial charge in [0.15, 0.2) is 0 Å². The van der Waals surface area contributed by atoms with Crippen molar-refractivity contribution in [3.05, 3.63) is 35.6 Å². The standard InChI is InChI=1S/C18H27FN2O/c1-17(2,12-20)13-21(3)16(22)18(10-4-5-11-18)14-6-8-15(19)9-7-14/h6-9H,4-5,10-13,20H2,1-3H3. The highest BCUT2D eigenvalue weighted by Crippen LogP contribution is 2.42. The number of nitrogens with two attached hydrogens (primary N) is 1. The number of rotatable bonds is 5. The van der Waals surface area contributed by atoms with E-state index in [2.05, 4.69) is 13.8 Å². The van der Waals surface area contributed by atoms with E-state index >= 15 is 0 Å². The molecule has 0 unspecified atom stereocenters. The van der Waals surface area contributed by atoms with Gasteiger partial charge in [-0.15, -0.1) is 0 Å². The lowest BCUT2D eigenvalue weighted by atomic mass is 9.77. The molecule has 0 bridgehead atoms. The zero-order valence-corrected chi connectivity index (χ0v) is 13.9. The fraction of sp³-hybridized carbons (Fsp3) is 0.611. The van der Waals surface area contributed by atoms with Gasteiger partial charge in [0.1, 0.15) is 5.82 Å². The Morgan fingerprint density at radius 1 is 1.27 bits per heavy atom. The minimum atomic E-state index is -0.493. The fourth-order valence-electron chi connectivity index (χ4n) is 3.52. The Bertz CT molecular complexity index is 518. The normalized spacial score (nSPS) is 17.5. The van der Waals surface area contributed by atoms with Crippen molar-refractivity contribution >= 4 is 5.91 Å². The van der Waals surface area contributed by atoms with Crippen LogP contribution in [0.2, 0.25) is 0 Å². The van der Waals surface area contributed by atoms with E-state index in [1.807, 2.05) is 11.9 Å². The van der Waals surface area contributed by atoms with Gasteiger partial charge in [0.25, 0.3) is 0 Å². The van der Waals surface area contributed by atoms with Crippen LogP contribution in [0, 0.1) is 11.2 Å². The Kier molecular flexibility index (Phi) is 4.90. The van der Waals surface area contributed by atoms with E-state index in [1.165, 1.54) is 12.1 Å². The third-order valence-corrected chi connectivity index (χ3v) is 4.83. The molecule has 0 aliphatic heterocycles. The van der Waals surface area contributed by atoms with E-state index in [4.69, 9.17) is 5.73 Å². The van der Waals surface area contributed by atoms with E-state index < -0.39 is 5.41 Å². The summed E-state index contributed by atoms with van der Waals surface area (Å²) in [7, 11) is 1.85. The van der Waals surface area contributed by atoms with Crippen molar-refractivity contribution in [2.45, 2.75) is 44.9 Å². The fourth-order valence-corrected chi connectivity index (χ4v) is 3.52. The Hall–Kier alpha value is -1.42. The molecule has 122 valence electrons. The summed E-state index contributed by atoms with van der Waals surface area (Å²) in [6.07, 6.45) is 3.75. The number of benzene rings is 1. The number of carbonyl (C=O) groups excluding carboxylic acids is 1. The van der Waals surface area contributed by atoms with Crippen LogP contribution >= 0.6 is 0 Å². The van der Waals surface area contributed by atoms with Crippen LogP contribution in [0.15, 0.2) is 24.3 Å². The molecule has 0 radical (unpaired) electrons. The van der Waals surface area contributed by atoms with Gasteiger partial charge in [-0.2, -0.15) is 0 Å². The predicted octanol–water partition coefficient (Wildman–Crippen LogP) is 3.08. The lowest BCUT2D eigenvalue weighted by Gasteiger charge is -2.36. The average Bonchev–Trinajstić information content (AvgIpc) is 2.97. The summed E-state index contributed by atoms with van der Waals surface area (Å²) in [6.45, 7) is 5.30. The number of hydrogen-bond donors (Lipinski definition) is 1. The third kappa shape index (κ3) is 3.32. The first-order valence-electron chi connectivity index (χ1n) is 8.02. The smallest absolute Gasteiger partial charge is 0.232 e. The maximum Gasteiger partial charge on any atom is 0.232 e. The highest BCUT2D eigenvalue weighted by atomic mass is 19.1. The van der Waals surface area contributed by atoms with Crippen molar-refractivity contribution in [1.82, 2.24) is 4.90 Å². The second-order valence-corrected chi connectivity index (χ2v) is 7.33. The Balaban J connectivity index is 2.27. The van der Waals surface area contributed by atoms with E-state index in [0.29, 0.717) is 13.1 Å². The molecule has 4 heteroatoms. The van der Waals surface area contributed by atoms with Gasteiger partial charge >= 0.3 is 0 Å². The largest absolute Gasteiger partial charge is 0.344 e. The second-order valence-electron chi connectivity index (χ2n) is 7.33. The molecule has 2 rings (SSSR count). The van der Waals surface area contributed by atoms with Gasteiger partial charge < -0.3 is 10.6 Å². The molecule has 0 atom stereocenters. The van der Waals surface area contributed by atoms with Crippen LogP contribution < -0.4 is 5.73 Å². The molecule has 0 spiro atoms. The van der Waals surface area contributed by atoms with E-state index in [0.717, 1.165) is 31.2 Å². The molecule has 1 aliphatic rings. The Morgan fingerprint density at radius 2 is 1.82 bits per heavy atom. The Labute approximate surface area is 132 Å². The molecular formula is C18H27FN2O. The van der Waals surface area contributed by atoms with Crippen LogP contribution in [0.25, 0.3) is 0 Å². The molecule has 22 heavy (non-hydrogen) atoms. The first-order chi connectivity index (χ1) is 10.3. The number of halogens is 1. The third-order valence-electron chi connectivity index (χ3n) is 4.83. The molecule has 1 amide bonds. The van der Waals surface area contributed by atoms with Crippen molar-refractivity contribution in [2.24, 2.45) is 11.1 Å². The lowest BCUT2D eigenvalue weighted by molar-refractivity contribution is -0.137. The highest BCUT2D eigenvalue weighted by molar-refractivity contribution is 5.88. The first kappa shape index (κ1) is 16.9. The summed E-state index contributed by atoms with van der Waals surface area (Å²) in [4.78, 5) is 14.9. The first-order valence-corrected chi connectivity index (χ1v) is 8.02. The van der Waals surface area contributed by atoms with Crippen molar-refractivity contribution in [2.75, 3.05) is 20.1 Å². The van der Waals surface area contributed by atoms with E-state index in [-0.39, 0.29) is 17.1 Å². The minimum absolute atomic E-state index is 0.104. The van der Waals surface area contributed by atoms with Gasteiger partial charge in [0, 0.05) is 13.6 Å². The van der Waals surface area contributed by atoms with Gasteiger partial charge in [-0.1, -0.05) is 38.8 Å². The van der Waals surface area contributed by atoms with E-state index in [1.54, 1.807) is 12.1 Å². The number of amides is 1. The van der Waals surface area contributed by atoms with Crippen LogP contribution in [-0.4, -0.2) is 30.9 Å². The summed E-state index contributed by atoms with van der Waals surface area (Å²) in [5, 5.41) is 0. The van der Waals surface area contributed by atoms with Crippen LogP contribution in [0.4, 0.5) is 4.39 Å². The molecular weight excluding hydrogens is 279 g/mol. The number of nitrogens with zero attached hydrogens (tertiary/aromatic N) is 1. The van der Waals surface area contributed by atoms with Crippen LogP contribution in [0.3, 0.4) is 0 Å². The summed E-state index contributed by atoms with van der Waals surface area (Å²) in [5.41, 5.74) is 6.13. The molecule has 1 aromatic rings. The number of hydrogen-bond acceptors (Lipinski definition) is 2. The van der Waals surface area contributed by atoms with Crippen molar-refractivity contribution in [3.8, 4) is 0 Å². The average molecular weight is 306 g/mol. The summed E-state index contributed by atoms with van der Waals surface area (Å²) < 4.78 is 13.2. The van der Waals surface area contributed by atoms with Gasteiger partial charge in [-0.25, -0.2) is 4.39 Å². The molecule has 0 heterocycles. The maximum atomic E-state index is 13.2. The minimum Gasteiger partial charge on any atom is -0.344 e. The predicted molar refractivity (Wildman–Crippen MR) is 87.0 cm³/mol. The van der Waals surface area contributed by atoms with Gasteiger partial charge in [0.05, 0.1) is 5.41 Å². The van der Waals surface area contributed by atoms with E-state index in [9.17, 15) is 9.18 Å². The summed E-state index contributed by atoms with van der Waals surface area (Å²) in [6, 6.07) is 6.43. The van der Waals surface area contributed by atoms with Crippen molar-refractivity contribution < 1.29 is 9.18 Å². The molecule has 3 nitrogen and oxygen atoms in total. The summed E-state index contributed by atoms with van der Waals surface area (Å²) >= 11 is 0.